The fraction of sp³-hybridized carbons (Fsp3) is 0.417. The van der Waals surface area contributed by atoms with Gasteiger partial charge in [-0.3, -0.25) is 14.7 Å². The molecule has 11 heteroatoms. The first kappa shape index (κ1) is 24.6. The molecule has 2 aromatic rings. The topological polar surface area (TPSA) is 138 Å². The molecule has 1 saturated carbocycles. The Morgan fingerprint density at radius 2 is 1.80 bits per heavy atom. The van der Waals surface area contributed by atoms with Crippen molar-refractivity contribution in [1.82, 2.24) is 25.2 Å². The highest BCUT2D eigenvalue weighted by molar-refractivity contribution is 7.90. The van der Waals surface area contributed by atoms with E-state index in [0.717, 1.165) is 41.7 Å². The van der Waals surface area contributed by atoms with Crippen LogP contribution in [-0.4, -0.2) is 48.9 Å². The fourth-order valence-corrected chi connectivity index (χ4v) is 5.27. The zero-order valence-electron chi connectivity index (χ0n) is 19.5. The van der Waals surface area contributed by atoms with E-state index in [2.05, 4.69) is 27.3 Å². The normalized spacial score (nSPS) is 19.7. The molecule has 3 N–H and O–H groups in total. The minimum Gasteiger partial charge on any atom is -0.337 e. The van der Waals surface area contributed by atoms with Crippen molar-refractivity contribution in [2.24, 2.45) is 5.92 Å². The molecule has 0 saturated heterocycles. The minimum atomic E-state index is -4.00. The predicted molar refractivity (Wildman–Crippen MR) is 128 cm³/mol. The fourth-order valence-electron chi connectivity index (χ4n) is 4.35. The van der Waals surface area contributed by atoms with Gasteiger partial charge in [-0.25, -0.2) is 22.7 Å². The van der Waals surface area contributed by atoms with Crippen molar-refractivity contribution >= 4 is 28.0 Å². The van der Waals surface area contributed by atoms with Crippen LogP contribution in [0.1, 0.15) is 54.1 Å². The maximum absolute atomic E-state index is 12.6. The molecule has 2 heterocycles. The Balaban J connectivity index is 1.24. The summed E-state index contributed by atoms with van der Waals surface area (Å²) in [6, 6.07) is 6.59. The van der Waals surface area contributed by atoms with E-state index >= 15 is 0 Å². The molecule has 0 bridgehead atoms. The van der Waals surface area contributed by atoms with Gasteiger partial charge in [-0.05, 0) is 67.3 Å². The van der Waals surface area contributed by atoms with Crippen molar-refractivity contribution in [3.05, 3.63) is 59.4 Å². The molecule has 1 aromatic carbocycles. The number of fused-ring (bicyclic) bond motifs is 1. The second-order valence-corrected chi connectivity index (χ2v) is 10.8. The van der Waals surface area contributed by atoms with Gasteiger partial charge in [0.2, 0.25) is 0 Å². The molecule has 1 fully saturated rings. The average molecular weight is 500 g/mol. The number of sulfonamides is 1. The molecular weight excluding hydrogens is 470 g/mol. The van der Waals surface area contributed by atoms with Gasteiger partial charge in [0, 0.05) is 25.0 Å². The SMILES string of the molecule is CC1CCC(NC(=O)NS(=O)(=O)c2ccc(CCNC(=O)N3Cc4ccncc4C3=O)cc2)CC1. The Labute approximate surface area is 204 Å². The van der Waals surface area contributed by atoms with E-state index in [0.29, 0.717) is 17.9 Å². The zero-order valence-corrected chi connectivity index (χ0v) is 20.3. The summed E-state index contributed by atoms with van der Waals surface area (Å²) in [4.78, 5) is 42.0. The van der Waals surface area contributed by atoms with Crippen LogP contribution in [-0.2, 0) is 23.0 Å². The van der Waals surface area contributed by atoms with Crippen molar-refractivity contribution in [3.63, 3.8) is 0 Å². The average Bonchev–Trinajstić information content (AvgIpc) is 3.17. The Kier molecular flexibility index (Phi) is 7.34. The highest BCUT2D eigenvalue weighted by Gasteiger charge is 2.31. The van der Waals surface area contributed by atoms with E-state index in [9.17, 15) is 22.8 Å². The first-order valence-corrected chi connectivity index (χ1v) is 13.2. The van der Waals surface area contributed by atoms with E-state index in [4.69, 9.17) is 0 Å². The van der Waals surface area contributed by atoms with Gasteiger partial charge in [0.15, 0.2) is 0 Å². The van der Waals surface area contributed by atoms with Crippen molar-refractivity contribution < 1.29 is 22.8 Å². The maximum atomic E-state index is 12.6. The molecule has 10 nitrogen and oxygen atoms in total. The van der Waals surface area contributed by atoms with E-state index < -0.39 is 22.1 Å². The van der Waals surface area contributed by atoms with Gasteiger partial charge in [-0.1, -0.05) is 19.1 Å². The monoisotopic (exact) mass is 499 g/mol. The maximum Gasteiger partial charge on any atom is 0.328 e. The van der Waals surface area contributed by atoms with Crippen LogP contribution in [0.25, 0.3) is 0 Å². The Bertz CT molecular complexity index is 1210. The van der Waals surface area contributed by atoms with Crippen LogP contribution in [0.2, 0.25) is 0 Å². The van der Waals surface area contributed by atoms with Crippen LogP contribution in [0.15, 0.2) is 47.6 Å². The number of benzene rings is 1. The molecule has 1 aromatic heterocycles. The summed E-state index contributed by atoms with van der Waals surface area (Å²) in [5.74, 6) is 0.249. The lowest BCUT2D eigenvalue weighted by molar-refractivity contribution is 0.0820. The molecule has 1 aliphatic carbocycles. The summed E-state index contributed by atoms with van der Waals surface area (Å²) in [6.45, 7) is 2.64. The third-order valence-electron chi connectivity index (χ3n) is 6.46. The molecule has 5 amide bonds. The number of aromatic nitrogens is 1. The number of nitrogens with zero attached hydrogens (tertiary/aromatic N) is 2. The van der Waals surface area contributed by atoms with E-state index in [-0.39, 0.29) is 29.9 Å². The molecule has 2 aliphatic rings. The molecule has 0 spiro atoms. The third kappa shape index (κ3) is 5.97. The summed E-state index contributed by atoms with van der Waals surface area (Å²) >= 11 is 0. The summed E-state index contributed by atoms with van der Waals surface area (Å²) in [7, 11) is -4.00. The highest BCUT2D eigenvalue weighted by Crippen LogP contribution is 2.23. The number of urea groups is 2. The molecular formula is C24H29N5O5S. The van der Waals surface area contributed by atoms with Crippen LogP contribution in [0.5, 0.6) is 0 Å². The minimum absolute atomic E-state index is 0.0133. The standard InChI is InChI=1S/C24H29N5O5S/c1-16-2-6-19(7-3-16)27-23(31)28-35(33,34)20-8-4-17(5-9-20)10-13-26-24(32)29-15-18-11-12-25-14-21(18)22(29)30/h4-5,8-9,11-12,14,16,19H,2-3,6-7,10,13,15H2,1H3,(H,26,32)(H2,27,28,31). The van der Waals surface area contributed by atoms with Crippen molar-refractivity contribution in [1.29, 1.82) is 0 Å². The Hall–Kier alpha value is -3.47. The molecule has 1 aliphatic heterocycles. The lowest BCUT2D eigenvalue weighted by atomic mass is 9.87. The van der Waals surface area contributed by atoms with Gasteiger partial charge in [-0.2, -0.15) is 0 Å². The molecule has 4 rings (SSSR count). The molecule has 35 heavy (non-hydrogen) atoms. The lowest BCUT2D eigenvalue weighted by Gasteiger charge is -2.26. The van der Waals surface area contributed by atoms with Crippen LogP contribution < -0.4 is 15.4 Å². The Morgan fingerprint density at radius 1 is 1.09 bits per heavy atom. The smallest absolute Gasteiger partial charge is 0.328 e. The van der Waals surface area contributed by atoms with E-state index in [1.165, 1.54) is 18.3 Å². The Morgan fingerprint density at radius 3 is 2.49 bits per heavy atom. The summed E-state index contributed by atoms with van der Waals surface area (Å²) in [5, 5.41) is 5.46. The number of amides is 5. The number of rotatable bonds is 6. The van der Waals surface area contributed by atoms with Gasteiger partial charge < -0.3 is 10.6 Å². The van der Waals surface area contributed by atoms with Crippen LogP contribution in [0, 0.1) is 5.92 Å². The first-order valence-electron chi connectivity index (χ1n) is 11.7. The van der Waals surface area contributed by atoms with Gasteiger partial charge in [0.1, 0.15) is 0 Å². The largest absolute Gasteiger partial charge is 0.337 e. The number of hydrogen-bond donors (Lipinski definition) is 3. The van der Waals surface area contributed by atoms with E-state index in [1.54, 1.807) is 24.4 Å². The molecule has 0 atom stereocenters. The van der Waals surface area contributed by atoms with Crippen molar-refractivity contribution in [2.45, 2.75) is 56.5 Å². The molecule has 0 radical (unpaired) electrons. The van der Waals surface area contributed by atoms with Crippen LogP contribution >= 0.6 is 0 Å². The number of carbonyl (C=O) groups excluding carboxylic acids is 3. The second kappa shape index (κ2) is 10.4. The molecule has 0 unspecified atom stereocenters. The van der Waals surface area contributed by atoms with Crippen molar-refractivity contribution in [3.8, 4) is 0 Å². The zero-order chi connectivity index (χ0) is 25.0. The number of pyridine rings is 1. The van der Waals surface area contributed by atoms with Gasteiger partial charge in [-0.15, -0.1) is 0 Å². The molecule has 186 valence electrons. The van der Waals surface area contributed by atoms with Gasteiger partial charge in [0.05, 0.1) is 17.0 Å². The quantitative estimate of drug-likeness (QED) is 0.559. The van der Waals surface area contributed by atoms with Gasteiger partial charge >= 0.3 is 12.1 Å². The third-order valence-corrected chi connectivity index (χ3v) is 7.81. The highest BCUT2D eigenvalue weighted by atomic mass is 32.2. The summed E-state index contributed by atoms with van der Waals surface area (Å²) < 4.78 is 27.2. The lowest BCUT2D eigenvalue weighted by Crippen LogP contribution is -2.45. The van der Waals surface area contributed by atoms with Gasteiger partial charge in [0.25, 0.3) is 15.9 Å². The number of hydrogen-bond acceptors (Lipinski definition) is 6. The number of imide groups is 1. The predicted octanol–water partition coefficient (Wildman–Crippen LogP) is 2.56. The van der Waals surface area contributed by atoms with Crippen LogP contribution in [0.3, 0.4) is 0 Å². The van der Waals surface area contributed by atoms with Crippen LogP contribution in [0.4, 0.5) is 9.59 Å². The van der Waals surface area contributed by atoms with Crippen molar-refractivity contribution in [2.75, 3.05) is 6.54 Å². The summed E-state index contributed by atoms with van der Waals surface area (Å²) in [6.07, 6.45) is 7.19. The van der Waals surface area contributed by atoms with E-state index in [1.807, 2.05) is 0 Å². The first-order chi connectivity index (χ1) is 16.7. The second-order valence-electron chi connectivity index (χ2n) is 9.09. The summed E-state index contributed by atoms with van der Waals surface area (Å²) in [5.41, 5.74) is 1.98. The number of nitrogens with one attached hydrogen (secondary N) is 3. The number of carbonyl (C=O) groups is 3.